The van der Waals surface area contributed by atoms with Crippen LogP contribution >= 0.6 is 0 Å². The fraction of sp³-hybridized carbons (Fsp3) is 0.0833. The molecule has 152 valence electrons. The molecule has 0 saturated heterocycles. The Kier molecular flexibility index (Phi) is 4.76. The lowest BCUT2D eigenvalue weighted by molar-refractivity contribution is -0.115. The number of aromatic nitrogens is 4. The van der Waals surface area contributed by atoms with Gasteiger partial charge in [-0.2, -0.15) is 0 Å². The quantitative estimate of drug-likeness (QED) is 0.460. The average Bonchev–Trinajstić information content (AvgIpc) is 3.26. The summed E-state index contributed by atoms with van der Waals surface area (Å²) in [7, 11) is 0. The molecule has 5 rings (SSSR count). The maximum atomic E-state index is 12.4. The van der Waals surface area contributed by atoms with E-state index in [9.17, 15) is 4.79 Å². The molecule has 0 aliphatic rings. The zero-order valence-corrected chi connectivity index (χ0v) is 16.8. The number of amides is 1. The molecule has 0 atom stereocenters. The van der Waals surface area contributed by atoms with Gasteiger partial charge in [0.2, 0.25) is 11.6 Å². The summed E-state index contributed by atoms with van der Waals surface area (Å²) >= 11 is 0. The minimum atomic E-state index is -0.0929. The van der Waals surface area contributed by atoms with Crippen LogP contribution in [0.15, 0.2) is 79.1 Å². The van der Waals surface area contributed by atoms with Crippen molar-refractivity contribution in [1.29, 1.82) is 0 Å². The van der Waals surface area contributed by atoms with E-state index < -0.39 is 0 Å². The molecule has 0 aliphatic heterocycles. The van der Waals surface area contributed by atoms with Crippen LogP contribution in [0.5, 0.6) is 11.6 Å². The summed E-state index contributed by atoms with van der Waals surface area (Å²) in [6, 6.07) is 22.8. The SMILES string of the molecule is Cc1ccc(CC(=O)Nc2cccc(Oc3nc4ccccc4n4cnnc34)c2)cc1. The smallest absolute Gasteiger partial charge is 0.266 e. The molecule has 3 aromatic carbocycles. The molecule has 7 nitrogen and oxygen atoms in total. The summed E-state index contributed by atoms with van der Waals surface area (Å²) in [5.41, 5.74) is 4.96. The van der Waals surface area contributed by atoms with Crippen LogP contribution in [-0.2, 0) is 11.2 Å². The predicted molar refractivity (Wildman–Crippen MR) is 118 cm³/mol. The van der Waals surface area contributed by atoms with Crippen LogP contribution in [0.1, 0.15) is 11.1 Å². The molecule has 1 amide bonds. The Hall–Kier alpha value is -4.26. The maximum absolute atomic E-state index is 12.4. The second-order valence-electron chi connectivity index (χ2n) is 7.27. The Morgan fingerprint density at radius 3 is 2.74 bits per heavy atom. The first kappa shape index (κ1) is 18.7. The highest BCUT2D eigenvalue weighted by molar-refractivity contribution is 5.92. The van der Waals surface area contributed by atoms with Crippen molar-refractivity contribution < 1.29 is 9.53 Å². The first-order valence-electron chi connectivity index (χ1n) is 9.87. The maximum Gasteiger partial charge on any atom is 0.266 e. The van der Waals surface area contributed by atoms with E-state index in [-0.39, 0.29) is 5.91 Å². The van der Waals surface area contributed by atoms with Crippen molar-refractivity contribution >= 4 is 28.3 Å². The molecule has 0 spiro atoms. The van der Waals surface area contributed by atoms with Gasteiger partial charge in [0.05, 0.1) is 17.5 Å². The Bertz CT molecular complexity index is 1390. The van der Waals surface area contributed by atoms with Crippen LogP contribution in [0.4, 0.5) is 5.69 Å². The zero-order chi connectivity index (χ0) is 21.2. The lowest BCUT2D eigenvalue weighted by Gasteiger charge is -2.10. The predicted octanol–water partition coefficient (Wildman–Crippen LogP) is 4.56. The number of carbonyl (C=O) groups excluding carboxylic acids is 1. The van der Waals surface area contributed by atoms with Gasteiger partial charge in [0, 0.05) is 11.8 Å². The third kappa shape index (κ3) is 3.93. The number of anilines is 1. The lowest BCUT2D eigenvalue weighted by Crippen LogP contribution is -2.14. The molecule has 0 fully saturated rings. The van der Waals surface area contributed by atoms with Gasteiger partial charge >= 0.3 is 0 Å². The van der Waals surface area contributed by atoms with Gasteiger partial charge in [-0.1, -0.05) is 48.0 Å². The Labute approximate surface area is 178 Å². The Balaban J connectivity index is 1.37. The average molecular weight is 409 g/mol. The second kappa shape index (κ2) is 7.87. The van der Waals surface area contributed by atoms with E-state index in [0.717, 1.165) is 22.2 Å². The number of nitrogens with one attached hydrogen (secondary N) is 1. The van der Waals surface area contributed by atoms with Gasteiger partial charge in [0.1, 0.15) is 12.1 Å². The minimum Gasteiger partial charge on any atom is -0.436 e. The van der Waals surface area contributed by atoms with Crippen molar-refractivity contribution in [3.63, 3.8) is 0 Å². The van der Waals surface area contributed by atoms with Crippen molar-refractivity contribution in [2.24, 2.45) is 0 Å². The van der Waals surface area contributed by atoms with Gasteiger partial charge < -0.3 is 10.1 Å². The lowest BCUT2D eigenvalue weighted by atomic mass is 10.1. The number of hydrogen-bond acceptors (Lipinski definition) is 5. The molecule has 0 radical (unpaired) electrons. The number of nitrogens with zero attached hydrogens (tertiary/aromatic N) is 4. The Morgan fingerprint density at radius 1 is 1.03 bits per heavy atom. The van der Waals surface area contributed by atoms with E-state index in [0.29, 0.717) is 29.4 Å². The topological polar surface area (TPSA) is 81.4 Å². The molecule has 0 saturated carbocycles. The number of hydrogen-bond donors (Lipinski definition) is 1. The molecule has 0 aliphatic carbocycles. The minimum absolute atomic E-state index is 0.0929. The summed E-state index contributed by atoms with van der Waals surface area (Å²) in [5, 5.41) is 11.1. The Morgan fingerprint density at radius 2 is 1.87 bits per heavy atom. The standard InChI is InChI=1S/C24H19N5O2/c1-16-9-11-17(12-10-16)13-22(30)26-18-5-4-6-19(14-18)31-24-23-28-25-15-29(23)21-8-3-2-7-20(21)27-24/h2-12,14-15H,13H2,1H3,(H,26,30). The molecule has 2 heterocycles. The van der Waals surface area contributed by atoms with Crippen molar-refractivity contribution in [2.45, 2.75) is 13.3 Å². The molecule has 0 bridgehead atoms. The monoisotopic (exact) mass is 409 g/mol. The number of fused-ring (bicyclic) bond motifs is 3. The molecular formula is C24H19N5O2. The molecular weight excluding hydrogens is 390 g/mol. The van der Waals surface area contributed by atoms with Gasteiger partial charge in [-0.05, 0) is 36.8 Å². The third-order valence-corrected chi connectivity index (χ3v) is 4.92. The van der Waals surface area contributed by atoms with Gasteiger partial charge in [0.15, 0.2) is 0 Å². The first-order valence-corrected chi connectivity index (χ1v) is 9.87. The van der Waals surface area contributed by atoms with Gasteiger partial charge in [-0.25, -0.2) is 4.98 Å². The molecule has 2 aromatic heterocycles. The summed E-state index contributed by atoms with van der Waals surface area (Å²) in [6.07, 6.45) is 1.94. The summed E-state index contributed by atoms with van der Waals surface area (Å²) in [6.45, 7) is 2.02. The van der Waals surface area contributed by atoms with E-state index in [1.165, 1.54) is 0 Å². The molecule has 31 heavy (non-hydrogen) atoms. The highest BCUT2D eigenvalue weighted by Gasteiger charge is 2.13. The highest BCUT2D eigenvalue weighted by atomic mass is 16.5. The van der Waals surface area contributed by atoms with Gasteiger partial charge in [-0.3, -0.25) is 9.20 Å². The van der Waals surface area contributed by atoms with Crippen molar-refractivity contribution in [3.8, 4) is 11.6 Å². The van der Waals surface area contributed by atoms with E-state index in [4.69, 9.17) is 4.74 Å². The van der Waals surface area contributed by atoms with Crippen LogP contribution in [0.3, 0.4) is 0 Å². The molecule has 0 unspecified atom stereocenters. The zero-order valence-electron chi connectivity index (χ0n) is 16.8. The largest absolute Gasteiger partial charge is 0.436 e. The molecule has 7 heteroatoms. The normalized spacial score (nSPS) is 11.0. The van der Waals surface area contributed by atoms with E-state index >= 15 is 0 Å². The number of rotatable bonds is 5. The van der Waals surface area contributed by atoms with Crippen molar-refractivity contribution in [1.82, 2.24) is 19.6 Å². The fourth-order valence-electron chi connectivity index (χ4n) is 3.39. The van der Waals surface area contributed by atoms with Crippen molar-refractivity contribution in [2.75, 3.05) is 5.32 Å². The second-order valence-corrected chi connectivity index (χ2v) is 7.27. The number of ether oxygens (including phenoxy) is 1. The first-order chi connectivity index (χ1) is 15.2. The molecule has 1 N–H and O–H groups in total. The van der Waals surface area contributed by atoms with Crippen LogP contribution in [-0.4, -0.2) is 25.5 Å². The number of carbonyl (C=O) groups is 1. The third-order valence-electron chi connectivity index (χ3n) is 4.92. The summed E-state index contributed by atoms with van der Waals surface area (Å²) in [5.74, 6) is 0.796. The summed E-state index contributed by atoms with van der Waals surface area (Å²) < 4.78 is 7.86. The summed E-state index contributed by atoms with van der Waals surface area (Å²) in [4.78, 5) is 17.0. The number of aryl methyl sites for hydroxylation is 1. The molecule has 5 aromatic rings. The highest BCUT2D eigenvalue weighted by Crippen LogP contribution is 2.28. The van der Waals surface area contributed by atoms with Crippen LogP contribution in [0.2, 0.25) is 0 Å². The van der Waals surface area contributed by atoms with E-state index in [1.807, 2.05) is 72.0 Å². The number of para-hydroxylation sites is 2. The van der Waals surface area contributed by atoms with Crippen LogP contribution in [0.25, 0.3) is 16.7 Å². The van der Waals surface area contributed by atoms with Crippen molar-refractivity contribution in [3.05, 3.63) is 90.3 Å². The van der Waals surface area contributed by atoms with Gasteiger partial charge in [-0.15, -0.1) is 10.2 Å². The number of benzene rings is 3. The van der Waals surface area contributed by atoms with Crippen LogP contribution < -0.4 is 10.1 Å². The van der Waals surface area contributed by atoms with Crippen LogP contribution in [0, 0.1) is 6.92 Å². The van der Waals surface area contributed by atoms with Gasteiger partial charge in [0.25, 0.3) is 5.88 Å². The van der Waals surface area contributed by atoms with E-state index in [2.05, 4.69) is 20.5 Å². The fourth-order valence-corrected chi connectivity index (χ4v) is 3.39. The van der Waals surface area contributed by atoms with E-state index in [1.54, 1.807) is 18.5 Å².